The van der Waals surface area contributed by atoms with E-state index in [1.54, 1.807) is 6.07 Å². The molecule has 0 amide bonds. The third kappa shape index (κ3) is 5.15. The summed E-state index contributed by atoms with van der Waals surface area (Å²) in [7, 11) is 0. The van der Waals surface area contributed by atoms with Crippen LogP contribution in [0.4, 0.5) is 15.9 Å². The van der Waals surface area contributed by atoms with Crippen molar-refractivity contribution in [3.63, 3.8) is 0 Å². The molecule has 2 aromatic rings. The van der Waals surface area contributed by atoms with E-state index in [9.17, 15) is 4.39 Å². The van der Waals surface area contributed by atoms with Crippen molar-refractivity contribution in [2.24, 2.45) is 5.41 Å². The van der Waals surface area contributed by atoms with E-state index in [1.165, 1.54) is 11.9 Å². The zero-order valence-electron chi connectivity index (χ0n) is 20.0. The number of anilines is 2. The Bertz CT molecular complexity index is 1000. The first-order valence-electron chi connectivity index (χ1n) is 11.8. The first-order chi connectivity index (χ1) is 15.9. The Kier molecular flexibility index (Phi) is 7.21. The number of ether oxygens (including phenoxy) is 1. The fourth-order valence-corrected chi connectivity index (χ4v) is 5.31. The second-order valence-corrected chi connectivity index (χ2v) is 10.5. The van der Waals surface area contributed by atoms with E-state index >= 15 is 0 Å². The number of aromatic amines is 1. The van der Waals surface area contributed by atoms with Crippen molar-refractivity contribution in [2.45, 2.75) is 83.4 Å². The molecule has 33 heavy (non-hydrogen) atoms. The average Bonchev–Trinajstić information content (AvgIpc) is 3.58. The summed E-state index contributed by atoms with van der Waals surface area (Å²) in [5.74, 6) is 1.75. The number of rotatable bonds is 5. The van der Waals surface area contributed by atoms with Gasteiger partial charge in [0.1, 0.15) is 5.76 Å². The maximum absolute atomic E-state index is 14.7. The Morgan fingerprint density at radius 1 is 1.21 bits per heavy atom. The minimum atomic E-state index is -0.214. The van der Waals surface area contributed by atoms with Gasteiger partial charge >= 0.3 is 0 Å². The maximum atomic E-state index is 14.7. The predicted molar refractivity (Wildman–Crippen MR) is 131 cm³/mol. The van der Waals surface area contributed by atoms with E-state index in [2.05, 4.69) is 51.9 Å². The van der Waals surface area contributed by atoms with Gasteiger partial charge in [0.2, 0.25) is 0 Å². The monoisotopic (exact) mass is 474 g/mol. The van der Waals surface area contributed by atoms with Gasteiger partial charge in [-0.3, -0.25) is 9.82 Å². The van der Waals surface area contributed by atoms with Crippen molar-refractivity contribution in [2.75, 3.05) is 5.32 Å². The first kappa shape index (κ1) is 23.9. The maximum Gasteiger partial charge on any atom is 0.152 e. The lowest BCUT2D eigenvalue weighted by Gasteiger charge is -2.30. The molecule has 5 rings (SSSR count). The summed E-state index contributed by atoms with van der Waals surface area (Å²) in [6.45, 7) is 11.1. The molecule has 0 bridgehead atoms. The second-order valence-electron chi connectivity index (χ2n) is 9.54. The third-order valence-corrected chi connectivity index (χ3v) is 7.10. The van der Waals surface area contributed by atoms with Crippen LogP contribution in [-0.2, 0) is 11.3 Å². The van der Waals surface area contributed by atoms with Crippen LogP contribution in [0.3, 0.4) is 0 Å². The van der Waals surface area contributed by atoms with Gasteiger partial charge < -0.3 is 15.5 Å². The molecule has 1 aromatic heterocycles. The van der Waals surface area contributed by atoms with Crippen LogP contribution < -0.4 is 20.9 Å². The topological polar surface area (TPSA) is 86.0 Å². The lowest BCUT2D eigenvalue weighted by Crippen LogP contribution is -2.42. The molecule has 3 aliphatic rings. The van der Waals surface area contributed by atoms with Crippen molar-refractivity contribution in [1.82, 2.24) is 25.8 Å². The van der Waals surface area contributed by atoms with Gasteiger partial charge in [0.05, 0.1) is 24.0 Å². The van der Waals surface area contributed by atoms with Gasteiger partial charge in [-0.1, -0.05) is 34.6 Å². The third-order valence-electron chi connectivity index (χ3n) is 6.21. The van der Waals surface area contributed by atoms with Crippen molar-refractivity contribution in [1.29, 1.82) is 0 Å². The molecule has 9 heteroatoms. The van der Waals surface area contributed by atoms with Crippen LogP contribution in [0, 0.1) is 11.2 Å². The highest BCUT2D eigenvalue weighted by Crippen LogP contribution is 2.39. The molecule has 5 N–H and O–H groups in total. The summed E-state index contributed by atoms with van der Waals surface area (Å²) in [6, 6.07) is 5.85. The molecule has 3 unspecified atom stereocenters. The second kappa shape index (κ2) is 9.95. The Labute approximate surface area is 199 Å². The highest BCUT2D eigenvalue weighted by atomic mass is 32.2. The van der Waals surface area contributed by atoms with Gasteiger partial charge in [0.25, 0.3) is 0 Å². The van der Waals surface area contributed by atoms with Crippen LogP contribution in [0.5, 0.6) is 0 Å². The summed E-state index contributed by atoms with van der Waals surface area (Å²) < 4.78 is 24.2. The molecular weight excluding hydrogens is 439 g/mol. The Balaban J connectivity index is 0.00000126. The Morgan fingerprint density at radius 2 is 2.03 bits per heavy atom. The fourth-order valence-electron chi connectivity index (χ4n) is 4.51. The molecule has 1 aliphatic carbocycles. The van der Waals surface area contributed by atoms with Crippen LogP contribution in [0.2, 0.25) is 0 Å². The molecule has 180 valence electrons. The van der Waals surface area contributed by atoms with Crippen molar-refractivity contribution in [3.8, 4) is 0 Å². The summed E-state index contributed by atoms with van der Waals surface area (Å²) >= 11 is 1.47. The first-order valence-corrected chi connectivity index (χ1v) is 12.6. The van der Waals surface area contributed by atoms with E-state index in [4.69, 9.17) is 4.74 Å². The number of H-pyrrole nitrogens is 1. The quantitative estimate of drug-likeness (QED) is 0.369. The van der Waals surface area contributed by atoms with Gasteiger partial charge in [0.15, 0.2) is 11.6 Å². The van der Waals surface area contributed by atoms with E-state index in [0.29, 0.717) is 29.5 Å². The van der Waals surface area contributed by atoms with E-state index in [1.807, 2.05) is 32.2 Å². The SMILES string of the molecule is CC.CC(C)(C)C1NNC=C1OC1CCC(c2cc(Nc3ccc4c(c3F)CNS4)n[nH]2)C1. The van der Waals surface area contributed by atoms with Crippen LogP contribution in [-0.4, -0.2) is 22.3 Å². The van der Waals surface area contributed by atoms with Crippen molar-refractivity contribution >= 4 is 23.5 Å². The Hall–Kier alpha value is -2.23. The van der Waals surface area contributed by atoms with Crippen LogP contribution in [0.15, 0.2) is 35.1 Å². The minimum Gasteiger partial charge on any atom is -0.491 e. The van der Waals surface area contributed by atoms with Crippen molar-refractivity contribution in [3.05, 3.63) is 47.2 Å². The normalized spacial score (nSPS) is 23.9. The van der Waals surface area contributed by atoms with Crippen LogP contribution in [0.25, 0.3) is 0 Å². The number of hydrogen-bond acceptors (Lipinski definition) is 7. The Morgan fingerprint density at radius 3 is 2.82 bits per heavy atom. The molecule has 2 aliphatic heterocycles. The number of aromatic nitrogens is 2. The predicted octanol–water partition coefficient (Wildman–Crippen LogP) is 5.45. The smallest absolute Gasteiger partial charge is 0.152 e. The van der Waals surface area contributed by atoms with Crippen LogP contribution in [0.1, 0.15) is 71.1 Å². The zero-order chi connectivity index (χ0) is 23.6. The molecule has 3 atom stereocenters. The van der Waals surface area contributed by atoms with Crippen molar-refractivity contribution < 1.29 is 9.13 Å². The number of nitrogens with one attached hydrogen (secondary N) is 5. The number of hydrazine groups is 1. The molecule has 0 spiro atoms. The minimum absolute atomic E-state index is 0.0683. The van der Waals surface area contributed by atoms with E-state index in [-0.39, 0.29) is 23.4 Å². The number of halogens is 1. The molecule has 0 saturated heterocycles. The van der Waals surface area contributed by atoms with Gasteiger partial charge in [0, 0.05) is 34.7 Å². The molecule has 3 heterocycles. The van der Waals surface area contributed by atoms with E-state index in [0.717, 1.165) is 35.6 Å². The highest BCUT2D eigenvalue weighted by molar-refractivity contribution is 7.97. The standard InChI is InChI=1S/C22H29FN6OS.C2H6/c1-22(2,3)21-17(11-24-29-21)30-13-5-4-12(8-13)16-9-19(28-27-16)26-15-6-7-18-14(20(15)23)10-25-31-18;1-2/h6-7,9,11-13,21,24-25,29H,4-5,8,10H2,1-3H3,(H2,26,27,28);1-2H3. The number of benzene rings is 1. The average molecular weight is 475 g/mol. The highest BCUT2D eigenvalue weighted by Gasteiger charge is 2.36. The van der Waals surface area contributed by atoms with E-state index < -0.39 is 0 Å². The summed E-state index contributed by atoms with van der Waals surface area (Å²) in [5.41, 5.74) is 8.67. The summed E-state index contributed by atoms with van der Waals surface area (Å²) in [6.07, 6.45) is 5.09. The van der Waals surface area contributed by atoms with Crippen LogP contribution >= 0.6 is 11.9 Å². The molecule has 1 aromatic carbocycles. The molecular formula is C24H35FN6OS. The lowest BCUT2D eigenvalue weighted by atomic mass is 9.86. The number of hydrogen-bond donors (Lipinski definition) is 5. The summed E-state index contributed by atoms with van der Waals surface area (Å²) in [4.78, 5) is 0.944. The molecule has 7 nitrogen and oxygen atoms in total. The molecule has 0 radical (unpaired) electrons. The van der Waals surface area contributed by atoms with Gasteiger partial charge in [-0.05, 0) is 48.8 Å². The number of nitrogens with zero attached hydrogens (tertiary/aromatic N) is 1. The van der Waals surface area contributed by atoms with Gasteiger partial charge in [-0.25, -0.2) is 9.82 Å². The zero-order valence-corrected chi connectivity index (χ0v) is 20.8. The summed E-state index contributed by atoms with van der Waals surface area (Å²) in [5, 5.41) is 10.6. The largest absolute Gasteiger partial charge is 0.491 e. The van der Waals surface area contributed by atoms with Gasteiger partial charge in [-0.2, -0.15) is 5.10 Å². The number of fused-ring (bicyclic) bond motifs is 1. The molecule has 1 fully saturated rings. The molecule has 1 saturated carbocycles. The lowest BCUT2D eigenvalue weighted by molar-refractivity contribution is 0.0889. The van der Waals surface area contributed by atoms with Gasteiger partial charge in [-0.15, -0.1) is 0 Å². The fraction of sp³-hybridized carbons (Fsp3) is 0.542.